The van der Waals surface area contributed by atoms with Gasteiger partial charge in [-0.05, 0) is 33.6 Å². The molecule has 0 aromatic rings. The van der Waals surface area contributed by atoms with Crippen LogP contribution in [0, 0.1) is 5.41 Å². The molecule has 0 aromatic carbocycles. The van der Waals surface area contributed by atoms with E-state index in [1.54, 1.807) is 11.8 Å². The summed E-state index contributed by atoms with van der Waals surface area (Å²) in [5, 5.41) is 0. The fourth-order valence-electron chi connectivity index (χ4n) is 2.95. The minimum atomic E-state index is -0.450. The molecule has 0 aliphatic carbocycles. The molecule has 2 heterocycles. The highest BCUT2D eigenvalue weighted by Crippen LogP contribution is 2.39. The summed E-state index contributed by atoms with van der Waals surface area (Å²) < 4.78 is 5.41. The molecular formula is C14H24N2O3. The van der Waals surface area contributed by atoms with E-state index in [2.05, 4.69) is 0 Å². The molecule has 1 spiro atoms. The van der Waals surface area contributed by atoms with Crippen LogP contribution >= 0.6 is 0 Å². The lowest BCUT2D eigenvalue weighted by Gasteiger charge is -2.26. The van der Waals surface area contributed by atoms with Crippen molar-refractivity contribution in [2.75, 3.05) is 26.2 Å². The van der Waals surface area contributed by atoms with Gasteiger partial charge in [-0.3, -0.25) is 4.79 Å². The van der Waals surface area contributed by atoms with Crippen molar-refractivity contribution in [2.45, 2.75) is 46.1 Å². The number of rotatable bonds is 0. The first-order chi connectivity index (χ1) is 8.71. The first-order valence-corrected chi connectivity index (χ1v) is 6.94. The van der Waals surface area contributed by atoms with Crippen molar-refractivity contribution < 1.29 is 14.3 Å². The smallest absolute Gasteiger partial charge is 0.410 e. The number of likely N-dealkylation sites (tertiary alicyclic amines) is 2. The number of hydrogen-bond acceptors (Lipinski definition) is 3. The summed E-state index contributed by atoms with van der Waals surface area (Å²) in [7, 11) is 0. The third kappa shape index (κ3) is 3.19. The Morgan fingerprint density at radius 2 is 1.58 bits per heavy atom. The molecular weight excluding hydrogens is 244 g/mol. The molecule has 2 aliphatic rings. The third-order valence-electron chi connectivity index (χ3n) is 3.97. The first-order valence-electron chi connectivity index (χ1n) is 6.94. The normalized spacial score (nSPS) is 27.2. The van der Waals surface area contributed by atoms with Gasteiger partial charge < -0.3 is 14.5 Å². The van der Waals surface area contributed by atoms with Gasteiger partial charge in [0.05, 0.1) is 0 Å². The van der Waals surface area contributed by atoms with E-state index < -0.39 is 5.60 Å². The Morgan fingerprint density at radius 3 is 2.05 bits per heavy atom. The van der Waals surface area contributed by atoms with Gasteiger partial charge in [0.2, 0.25) is 5.91 Å². The molecule has 2 aliphatic heterocycles. The summed E-state index contributed by atoms with van der Waals surface area (Å²) in [6.45, 7) is 10.3. The Morgan fingerprint density at radius 1 is 1.05 bits per heavy atom. The average Bonchev–Trinajstić information content (AvgIpc) is 2.85. The molecule has 2 fully saturated rings. The van der Waals surface area contributed by atoms with Crippen LogP contribution in [0.3, 0.4) is 0 Å². The van der Waals surface area contributed by atoms with Gasteiger partial charge in [-0.15, -0.1) is 0 Å². The van der Waals surface area contributed by atoms with Crippen LogP contribution in [0.5, 0.6) is 0 Å². The van der Waals surface area contributed by atoms with E-state index in [9.17, 15) is 9.59 Å². The van der Waals surface area contributed by atoms with Gasteiger partial charge in [-0.2, -0.15) is 0 Å². The van der Waals surface area contributed by atoms with E-state index in [1.165, 1.54) is 0 Å². The van der Waals surface area contributed by atoms with Crippen LogP contribution in [-0.2, 0) is 9.53 Å². The van der Waals surface area contributed by atoms with E-state index in [0.29, 0.717) is 6.54 Å². The summed E-state index contributed by atoms with van der Waals surface area (Å²) in [4.78, 5) is 27.1. The van der Waals surface area contributed by atoms with Gasteiger partial charge in [-0.25, -0.2) is 4.79 Å². The standard InChI is InChI=1S/C14H24N2O3/c1-11(17)15-7-5-14(9-15)6-8-16(10-14)12(18)19-13(2,3)4/h5-10H2,1-4H3. The molecule has 5 heteroatoms. The second-order valence-corrected chi connectivity index (χ2v) is 6.84. The van der Waals surface area contributed by atoms with Crippen molar-refractivity contribution in [3.8, 4) is 0 Å². The van der Waals surface area contributed by atoms with Crippen molar-refractivity contribution in [1.82, 2.24) is 9.80 Å². The monoisotopic (exact) mass is 268 g/mol. The molecule has 108 valence electrons. The number of hydrogen-bond donors (Lipinski definition) is 0. The van der Waals surface area contributed by atoms with Gasteiger partial charge in [-0.1, -0.05) is 0 Å². The highest BCUT2D eigenvalue weighted by molar-refractivity contribution is 5.73. The molecule has 0 radical (unpaired) electrons. The zero-order valence-corrected chi connectivity index (χ0v) is 12.4. The number of nitrogens with zero attached hydrogens (tertiary/aromatic N) is 2. The predicted molar refractivity (Wildman–Crippen MR) is 71.7 cm³/mol. The maximum atomic E-state index is 12.0. The molecule has 1 unspecified atom stereocenters. The lowest BCUT2D eigenvalue weighted by Crippen LogP contribution is -2.38. The van der Waals surface area contributed by atoms with Gasteiger partial charge in [0.25, 0.3) is 0 Å². The third-order valence-corrected chi connectivity index (χ3v) is 3.97. The molecule has 0 bridgehead atoms. The lowest BCUT2D eigenvalue weighted by atomic mass is 9.86. The second-order valence-electron chi connectivity index (χ2n) is 6.84. The average molecular weight is 268 g/mol. The van der Waals surface area contributed by atoms with Crippen LogP contribution in [0.2, 0.25) is 0 Å². The summed E-state index contributed by atoms with van der Waals surface area (Å²) in [6, 6.07) is 0. The highest BCUT2D eigenvalue weighted by Gasteiger charge is 2.46. The quantitative estimate of drug-likeness (QED) is 0.674. The minimum Gasteiger partial charge on any atom is -0.444 e. The number of ether oxygens (including phenoxy) is 1. The van der Waals surface area contributed by atoms with Crippen LogP contribution in [0.4, 0.5) is 4.79 Å². The molecule has 2 rings (SSSR count). The summed E-state index contributed by atoms with van der Waals surface area (Å²) in [5.74, 6) is 0.132. The van der Waals surface area contributed by atoms with Crippen LogP contribution < -0.4 is 0 Å². The van der Waals surface area contributed by atoms with Crippen molar-refractivity contribution in [1.29, 1.82) is 0 Å². The number of carbonyl (C=O) groups excluding carboxylic acids is 2. The van der Waals surface area contributed by atoms with Crippen molar-refractivity contribution in [3.63, 3.8) is 0 Å². The Hall–Kier alpha value is -1.26. The Bertz CT molecular complexity index is 389. The molecule has 19 heavy (non-hydrogen) atoms. The number of carbonyl (C=O) groups is 2. The maximum absolute atomic E-state index is 12.0. The zero-order chi connectivity index (χ0) is 14.3. The Balaban J connectivity index is 1.93. The van der Waals surface area contributed by atoms with Crippen molar-refractivity contribution in [3.05, 3.63) is 0 Å². The lowest BCUT2D eigenvalue weighted by molar-refractivity contribution is -0.128. The Labute approximate surface area is 114 Å². The maximum Gasteiger partial charge on any atom is 0.410 e. The van der Waals surface area contributed by atoms with E-state index in [0.717, 1.165) is 32.5 Å². The van der Waals surface area contributed by atoms with Crippen LogP contribution in [0.15, 0.2) is 0 Å². The molecule has 2 amide bonds. The summed E-state index contributed by atoms with van der Waals surface area (Å²) in [5.41, 5.74) is -0.351. The van der Waals surface area contributed by atoms with Gasteiger partial charge in [0, 0.05) is 38.5 Å². The fourth-order valence-corrected chi connectivity index (χ4v) is 2.95. The molecule has 0 saturated carbocycles. The van der Waals surface area contributed by atoms with Crippen LogP contribution in [-0.4, -0.2) is 53.6 Å². The van der Waals surface area contributed by atoms with Crippen LogP contribution in [0.25, 0.3) is 0 Å². The van der Waals surface area contributed by atoms with Crippen LogP contribution in [0.1, 0.15) is 40.5 Å². The van der Waals surface area contributed by atoms with Crippen molar-refractivity contribution >= 4 is 12.0 Å². The molecule has 0 aromatic heterocycles. The van der Waals surface area contributed by atoms with E-state index in [4.69, 9.17) is 4.74 Å². The van der Waals surface area contributed by atoms with Gasteiger partial charge in [0.15, 0.2) is 0 Å². The van der Waals surface area contributed by atoms with E-state index in [-0.39, 0.29) is 17.4 Å². The van der Waals surface area contributed by atoms with Crippen molar-refractivity contribution in [2.24, 2.45) is 5.41 Å². The van der Waals surface area contributed by atoms with E-state index >= 15 is 0 Å². The Kier molecular flexibility index (Phi) is 3.49. The summed E-state index contributed by atoms with van der Waals surface area (Å²) in [6.07, 6.45) is 1.73. The molecule has 0 N–H and O–H groups in total. The van der Waals surface area contributed by atoms with E-state index in [1.807, 2.05) is 25.7 Å². The molecule has 5 nitrogen and oxygen atoms in total. The summed E-state index contributed by atoms with van der Waals surface area (Å²) >= 11 is 0. The SMILES string of the molecule is CC(=O)N1CCC2(CCN(C(=O)OC(C)(C)C)C2)C1. The zero-order valence-electron chi connectivity index (χ0n) is 12.4. The fraction of sp³-hybridized carbons (Fsp3) is 0.857. The predicted octanol–water partition coefficient (Wildman–Crippen LogP) is 1.87. The number of amides is 2. The molecule has 1 atom stereocenters. The van der Waals surface area contributed by atoms with Gasteiger partial charge >= 0.3 is 6.09 Å². The molecule has 2 saturated heterocycles. The highest BCUT2D eigenvalue weighted by atomic mass is 16.6. The first kappa shape index (κ1) is 14.2. The topological polar surface area (TPSA) is 49.9 Å². The minimum absolute atomic E-state index is 0.0998. The largest absolute Gasteiger partial charge is 0.444 e. The second kappa shape index (κ2) is 4.69. The van der Waals surface area contributed by atoms with Gasteiger partial charge in [0.1, 0.15) is 5.60 Å².